The summed E-state index contributed by atoms with van der Waals surface area (Å²) in [6.07, 6.45) is 0.836. The van der Waals surface area contributed by atoms with Gasteiger partial charge in [-0.25, -0.2) is 0 Å². The molecule has 1 aliphatic rings. The van der Waals surface area contributed by atoms with Gasteiger partial charge in [0.1, 0.15) is 0 Å². The van der Waals surface area contributed by atoms with Gasteiger partial charge in [-0.05, 0) is 47.4 Å². The van der Waals surface area contributed by atoms with E-state index in [1.165, 1.54) is 16.0 Å². The van der Waals surface area contributed by atoms with E-state index in [-0.39, 0.29) is 30.2 Å². The average Bonchev–Trinajstić information content (AvgIpc) is 3.57. The van der Waals surface area contributed by atoms with E-state index in [0.29, 0.717) is 26.2 Å². The fourth-order valence-corrected chi connectivity index (χ4v) is 5.20. The lowest BCUT2D eigenvalue weighted by Crippen LogP contribution is -2.44. The number of aryl methyl sites for hydroxylation is 1. The van der Waals surface area contributed by atoms with Gasteiger partial charge in [0.05, 0.1) is 19.7 Å². The number of carbonyl (C=O) groups excluding carboxylic acids is 2. The first kappa shape index (κ1) is 24.2. The number of amides is 2. The van der Waals surface area contributed by atoms with E-state index in [9.17, 15) is 9.59 Å². The van der Waals surface area contributed by atoms with Gasteiger partial charge in [0.25, 0.3) is 0 Å². The van der Waals surface area contributed by atoms with Gasteiger partial charge in [-0.1, -0.05) is 60.7 Å². The third-order valence-corrected chi connectivity index (χ3v) is 7.42. The van der Waals surface area contributed by atoms with Crippen molar-refractivity contribution in [1.29, 1.82) is 0 Å². The van der Waals surface area contributed by atoms with Crippen LogP contribution in [0.4, 0.5) is 0 Å². The largest absolute Gasteiger partial charge is 0.383 e. The van der Waals surface area contributed by atoms with Crippen LogP contribution < -0.4 is 0 Å². The van der Waals surface area contributed by atoms with Crippen LogP contribution in [0.25, 0.3) is 0 Å². The van der Waals surface area contributed by atoms with Crippen LogP contribution in [0.5, 0.6) is 0 Å². The lowest BCUT2D eigenvalue weighted by Gasteiger charge is -2.28. The maximum absolute atomic E-state index is 13.6. The lowest BCUT2D eigenvalue weighted by atomic mass is 10.1. The summed E-state index contributed by atoms with van der Waals surface area (Å²) in [4.78, 5) is 31.7. The van der Waals surface area contributed by atoms with Crippen molar-refractivity contribution >= 4 is 23.2 Å². The molecule has 6 heteroatoms. The second-order valence-corrected chi connectivity index (χ2v) is 9.87. The topological polar surface area (TPSA) is 49.9 Å². The predicted octanol–water partition coefficient (Wildman–Crippen LogP) is 4.86. The summed E-state index contributed by atoms with van der Waals surface area (Å²) in [6.45, 7) is 4.01. The normalized spacial score (nSPS) is 16.8. The standard InChI is InChI=1S/C28H32N2O3S/c1-21-13-16-34-26(21)19-30(18-22-9-5-3-6-10-22)27(31)20-29(14-15-33-2)28(32)25-17-24(25)23-11-7-4-8-12-23/h3-13,16,24-25H,14-15,17-20H2,1-2H3. The number of carbonyl (C=O) groups is 2. The van der Waals surface area contributed by atoms with Gasteiger partial charge in [-0.15, -0.1) is 11.3 Å². The summed E-state index contributed by atoms with van der Waals surface area (Å²) in [5.74, 6) is 0.182. The second-order valence-electron chi connectivity index (χ2n) is 8.87. The van der Waals surface area contributed by atoms with Crippen molar-refractivity contribution in [2.75, 3.05) is 26.8 Å². The summed E-state index contributed by atoms with van der Waals surface area (Å²) in [5, 5.41) is 2.06. The maximum Gasteiger partial charge on any atom is 0.242 e. The van der Waals surface area contributed by atoms with Crippen LogP contribution in [0.1, 0.15) is 33.9 Å². The first-order chi connectivity index (χ1) is 16.6. The molecular formula is C28H32N2O3S. The Bertz CT molecular complexity index is 1080. The number of hydrogen-bond donors (Lipinski definition) is 0. The Hall–Kier alpha value is -2.96. The van der Waals surface area contributed by atoms with Gasteiger partial charge >= 0.3 is 0 Å². The number of methoxy groups -OCH3 is 1. The molecule has 0 radical (unpaired) electrons. The van der Waals surface area contributed by atoms with E-state index in [0.717, 1.165) is 12.0 Å². The minimum Gasteiger partial charge on any atom is -0.383 e. The van der Waals surface area contributed by atoms with E-state index < -0.39 is 0 Å². The smallest absolute Gasteiger partial charge is 0.242 e. The van der Waals surface area contributed by atoms with E-state index in [2.05, 4.69) is 30.5 Å². The maximum atomic E-state index is 13.6. The molecule has 1 aromatic heterocycles. The minimum atomic E-state index is -0.0610. The Morgan fingerprint density at radius 1 is 0.971 bits per heavy atom. The van der Waals surface area contributed by atoms with Crippen molar-refractivity contribution < 1.29 is 14.3 Å². The van der Waals surface area contributed by atoms with E-state index in [4.69, 9.17) is 4.74 Å². The fourth-order valence-electron chi connectivity index (χ4n) is 4.28. The highest BCUT2D eigenvalue weighted by Crippen LogP contribution is 2.48. The number of rotatable bonds is 11. The highest BCUT2D eigenvalue weighted by atomic mass is 32.1. The van der Waals surface area contributed by atoms with Crippen LogP contribution in [0, 0.1) is 12.8 Å². The van der Waals surface area contributed by atoms with Crippen molar-refractivity contribution in [3.8, 4) is 0 Å². The number of ether oxygens (including phenoxy) is 1. The zero-order chi connectivity index (χ0) is 23.9. The van der Waals surface area contributed by atoms with Gasteiger partial charge in [0, 0.05) is 31.0 Å². The molecule has 5 nitrogen and oxygen atoms in total. The first-order valence-electron chi connectivity index (χ1n) is 11.7. The highest BCUT2D eigenvalue weighted by molar-refractivity contribution is 7.10. The monoisotopic (exact) mass is 476 g/mol. The molecule has 2 atom stereocenters. The van der Waals surface area contributed by atoms with Gasteiger partial charge in [-0.2, -0.15) is 0 Å². The Labute approximate surface area is 206 Å². The molecule has 1 aliphatic carbocycles. The van der Waals surface area contributed by atoms with Crippen LogP contribution in [0.2, 0.25) is 0 Å². The van der Waals surface area contributed by atoms with E-state index >= 15 is 0 Å². The third kappa shape index (κ3) is 6.13. The Morgan fingerprint density at radius 3 is 2.32 bits per heavy atom. The molecule has 0 saturated heterocycles. The molecule has 2 unspecified atom stereocenters. The molecular weight excluding hydrogens is 444 g/mol. The van der Waals surface area contributed by atoms with Crippen molar-refractivity contribution in [1.82, 2.24) is 9.80 Å². The van der Waals surface area contributed by atoms with E-state index in [1.807, 2.05) is 53.4 Å². The summed E-state index contributed by atoms with van der Waals surface area (Å²) >= 11 is 1.66. The molecule has 34 heavy (non-hydrogen) atoms. The van der Waals surface area contributed by atoms with Crippen molar-refractivity contribution in [2.45, 2.75) is 32.4 Å². The van der Waals surface area contributed by atoms with E-state index in [1.54, 1.807) is 23.3 Å². The summed E-state index contributed by atoms with van der Waals surface area (Å²) in [5.41, 5.74) is 3.45. The molecule has 1 fully saturated rings. The number of thiophene rings is 1. The van der Waals surface area contributed by atoms with Crippen LogP contribution in [-0.2, 0) is 27.4 Å². The van der Waals surface area contributed by atoms with Crippen molar-refractivity contribution in [3.63, 3.8) is 0 Å². The van der Waals surface area contributed by atoms with Gasteiger partial charge < -0.3 is 14.5 Å². The molecule has 2 amide bonds. The number of benzene rings is 2. The molecule has 0 spiro atoms. The van der Waals surface area contributed by atoms with Gasteiger partial charge in [0.15, 0.2) is 0 Å². The van der Waals surface area contributed by atoms with Crippen LogP contribution in [-0.4, -0.2) is 48.4 Å². The molecule has 0 bridgehead atoms. The molecule has 0 aliphatic heterocycles. The Morgan fingerprint density at radius 2 is 1.68 bits per heavy atom. The summed E-state index contributed by atoms with van der Waals surface area (Å²) in [7, 11) is 1.62. The third-order valence-electron chi connectivity index (χ3n) is 6.41. The lowest BCUT2D eigenvalue weighted by molar-refractivity contribution is -0.142. The van der Waals surface area contributed by atoms with Gasteiger partial charge in [-0.3, -0.25) is 9.59 Å². The summed E-state index contributed by atoms with van der Waals surface area (Å²) in [6, 6.07) is 22.3. The molecule has 3 aromatic rings. The molecule has 178 valence electrons. The Kier molecular flexibility index (Phi) is 8.14. The molecule has 4 rings (SSSR count). The van der Waals surface area contributed by atoms with Gasteiger partial charge in [0.2, 0.25) is 11.8 Å². The van der Waals surface area contributed by atoms with Crippen molar-refractivity contribution in [3.05, 3.63) is 93.7 Å². The van der Waals surface area contributed by atoms with Crippen LogP contribution >= 0.6 is 11.3 Å². The molecule has 2 aromatic carbocycles. The summed E-state index contributed by atoms with van der Waals surface area (Å²) < 4.78 is 5.26. The molecule has 1 heterocycles. The first-order valence-corrected chi connectivity index (χ1v) is 12.6. The SMILES string of the molecule is COCCN(CC(=O)N(Cc1ccccc1)Cc1sccc1C)C(=O)C1CC1c1ccccc1. The highest BCUT2D eigenvalue weighted by Gasteiger charge is 2.46. The van der Waals surface area contributed by atoms with Crippen LogP contribution in [0.3, 0.4) is 0 Å². The molecule has 1 saturated carbocycles. The van der Waals surface area contributed by atoms with Crippen molar-refractivity contribution in [2.24, 2.45) is 5.92 Å². The second kappa shape index (κ2) is 11.4. The Balaban J connectivity index is 1.48. The molecule has 0 N–H and O–H groups in total. The number of hydrogen-bond acceptors (Lipinski definition) is 4. The minimum absolute atomic E-state index is 0.0435. The number of nitrogens with zero attached hydrogens (tertiary/aromatic N) is 2. The predicted molar refractivity (Wildman–Crippen MR) is 135 cm³/mol. The van der Waals surface area contributed by atoms with Crippen LogP contribution in [0.15, 0.2) is 72.1 Å². The zero-order valence-corrected chi connectivity index (χ0v) is 20.7. The quantitative estimate of drug-likeness (QED) is 0.397. The fraction of sp³-hybridized carbons (Fsp3) is 0.357. The average molecular weight is 477 g/mol. The zero-order valence-electron chi connectivity index (χ0n) is 19.9.